The molecule has 1 heterocycles. The Balaban J connectivity index is 2.12. The van der Waals surface area contributed by atoms with Gasteiger partial charge in [0.15, 0.2) is 4.84 Å². The molecule has 1 aromatic carbocycles. The second kappa shape index (κ2) is 10.2. The highest BCUT2D eigenvalue weighted by atomic mass is 35.5. The van der Waals surface area contributed by atoms with Gasteiger partial charge in [-0.2, -0.15) is 0 Å². The summed E-state index contributed by atoms with van der Waals surface area (Å²) in [5.74, 6) is -0.469. The molecular weight excluding hydrogens is 404 g/mol. The number of hydrogen-bond donors (Lipinski definition) is 3. The van der Waals surface area contributed by atoms with Crippen LogP contribution in [-0.2, 0) is 4.79 Å². The van der Waals surface area contributed by atoms with Crippen LogP contribution in [0.5, 0.6) is 0 Å². The Bertz CT molecular complexity index is 770. The van der Waals surface area contributed by atoms with Crippen LogP contribution in [-0.4, -0.2) is 33.6 Å². The van der Waals surface area contributed by atoms with Crippen LogP contribution in [0.1, 0.15) is 37.3 Å². The average Bonchev–Trinajstić information content (AvgIpc) is 2.70. The fourth-order valence-corrected chi connectivity index (χ4v) is 2.79. The van der Waals surface area contributed by atoms with Gasteiger partial charge in [-0.3, -0.25) is 9.78 Å². The summed E-state index contributed by atoms with van der Waals surface area (Å²) in [5.41, 5.74) is 9.16. The minimum absolute atomic E-state index is 0.125. The van der Waals surface area contributed by atoms with Crippen LogP contribution in [0.2, 0.25) is 0 Å². The van der Waals surface area contributed by atoms with Crippen molar-refractivity contribution in [1.82, 2.24) is 10.3 Å². The van der Waals surface area contributed by atoms with Gasteiger partial charge in [0.1, 0.15) is 12.8 Å². The SMILES string of the molecule is CC(C)C(N)c1ccc(-c2ccc([C@@H](O)[C@@H](CF)NC(=O)C(Cl)Cl)cc2)cn1. The van der Waals surface area contributed by atoms with Gasteiger partial charge in [0.25, 0.3) is 5.91 Å². The molecule has 0 radical (unpaired) electrons. The van der Waals surface area contributed by atoms with Crippen LogP contribution in [0, 0.1) is 5.92 Å². The maximum Gasteiger partial charge on any atom is 0.253 e. The van der Waals surface area contributed by atoms with Gasteiger partial charge in [-0.1, -0.05) is 67.4 Å². The van der Waals surface area contributed by atoms with E-state index in [-0.39, 0.29) is 12.0 Å². The van der Waals surface area contributed by atoms with Crippen molar-refractivity contribution in [3.05, 3.63) is 53.9 Å². The number of alkyl halides is 3. The fraction of sp³-hybridized carbons (Fsp3) is 0.400. The Hall–Kier alpha value is -1.73. The lowest BCUT2D eigenvalue weighted by molar-refractivity contribution is -0.121. The molecule has 5 nitrogen and oxygen atoms in total. The van der Waals surface area contributed by atoms with E-state index in [0.29, 0.717) is 5.56 Å². The molecule has 0 spiro atoms. The van der Waals surface area contributed by atoms with E-state index in [4.69, 9.17) is 28.9 Å². The first-order chi connectivity index (χ1) is 13.2. The zero-order chi connectivity index (χ0) is 20.8. The predicted molar refractivity (Wildman–Crippen MR) is 110 cm³/mol. The number of aliphatic hydroxyl groups is 1. The molecule has 0 aliphatic heterocycles. The number of benzene rings is 1. The van der Waals surface area contributed by atoms with Gasteiger partial charge in [0.2, 0.25) is 0 Å². The van der Waals surface area contributed by atoms with Gasteiger partial charge in [0, 0.05) is 17.8 Å². The topological polar surface area (TPSA) is 88.2 Å². The standard InChI is InChI=1S/C20H24Cl2FN3O2/c1-11(2)17(24)15-8-7-14(10-25-15)12-3-5-13(6-4-12)18(27)16(9-23)26-20(28)19(21)22/h3-8,10-11,16-19,27H,9,24H2,1-2H3,(H,26,28)/t16-,17?,18-/m1/s1. The van der Waals surface area contributed by atoms with Gasteiger partial charge in [-0.25, -0.2) is 4.39 Å². The molecule has 2 aromatic rings. The first kappa shape index (κ1) is 22.6. The van der Waals surface area contributed by atoms with Crippen molar-refractivity contribution in [2.45, 2.75) is 36.9 Å². The normalized spacial score (nSPS) is 14.8. The smallest absolute Gasteiger partial charge is 0.253 e. The summed E-state index contributed by atoms with van der Waals surface area (Å²) in [4.78, 5) is 14.6. The van der Waals surface area contributed by atoms with E-state index >= 15 is 0 Å². The van der Waals surface area contributed by atoms with Gasteiger partial charge < -0.3 is 16.2 Å². The number of rotatable bonds is 8. The Morgan fingerprint density at radius 2 is 1.79 bits per heavy atom. The molecule has 0 bridgehead atoms. The molecule has 3 atom stereocenters. The number of carbonyl (C=O) groups is 1. The fourth-order valence-electron chi connectivity index (χ4n) is 2.67. The second-order valence-electron chi connectivity index (χ2n) is 6.88. The molecule has 0 aliphatic carbocycles. The van der Waals surface area contributed by atoms with E-state index < -0.39 is 29.6 Å². The summed E-state index contributed by atoms with van der Waals surface area (Å²) < 4.78 is 13.2. The second-order valence-corrected chi connectivity index (χ2v) is 7.97. The summed E-state index contributed by atoms with van der Waals surface area (Å²) in [7, 11) is 0. The summed E-state index contributed by atoms with van der Waals surface area (Å²) in [5, 5.41) is 12.6. The van der Waals surface area contributed by atoms with Crippen LogP contribution in [0.4, 0.5) is 4.39 Å². The highest BCUT2D eigenvalue weighted by Crippen LogP contribution is 2.25. The van der Waals surface area contributed by atoms with Crippen LogP contribution in [0.15, 0.2) is 42.6 Å². The summed E-state index contributed by atoms with van der Waals surface area (Å²) in [6.45, 7) is 3.12. The number of hydrogen-bond acceptors (Lipinski definition) is 4. The number of halogens is 3. The number of nitrogens with zero attached hydrogens (tertiary/aromatic N) is 1. The van der Waals surface area contributed by atoms with Crippen molar-refractivity contribution in [2.24, 2.45) is 11.7 Å². The first-order valence-corrected chi connectivity index (χ1v) is 9.76. The van der Waals surface area contributed by atoms with E-state index in [1.807, 2.05) is 26.0 Å². The summed E-state index contributed by atoms with van der Waals surface area (Å²) in [6.07, 6.45) is 0.508. The van der Waals surface area contributed by atoms with Gasteiger partial charge in [0.05, 0.1) is 11.7 Å². The zero-order valence-corrected chi connectivity index (χ0v) is 17.2. The van der Waals surface area contributed by atoms with Crippen molar-refractivity contribution in [1.29, 1.82) is 0 Å². The Kier molecular flexibility index (Phi) is 8.19. The van der Waals surface area contributed by atoms with Crippen molar-refractivity contribution >= 4 is 29.1 Å². The molecular formula is C20H24Cl2FN3O2. The minimum Gasteiger partial charge on any atom is -0.386 e. The van der Waals surface area contributed by atoms with E-state index in [1.165, 1.54) is 0 Å². The molecule has 0 saturated heterocycles. The number of aromatic nitrogens is 1. The predicted octanol–water partition coefficient (Wildman–Crippen LogP) is 3.70. The molecule has 28 heavy (non-hydrogen) atoms. The quantitative estimate of drug-likeness (QED) is 0.560. The highest BCUT2D eigenvalue weighted by molar-refractivity contribution is 6.53. The number of carbonyl (C=O) groups excluding carboxylic acids is 1. The molecule has 1 unspecified atom stereocenters. The number of aliphatic hydroxyl groups excluding tert-OH is 1. The highest BCUT2D eigenvalue weighted by Gasteiger charge is 2.25. The van der Waals surface area contributed by atoms with Gasteiger partial charge in [-0.15, -0.1) is 0 Å². The molecule has 152 valence electrons. The number of amides is 1. The largest absolute Gasteiger partial charge is 0.386 e. The van der Waals surface area contributed by atoms with Crippen molar-refractivity contribution in [3.63, 3.8) is 0 Å². The van der Waals surface area contributed by atoms with Gasteiger partial charge >= 0.3 is 0 Å². The third kappa shape index (κ3) is 5.64. The van der Waals surface area contributed by atoms with E-state index in [0.717, 1.165) is 16.8 Å². The van der Waals surface area contributed by atoms with Gasteiger partial charge in [-0.05, 0) is 23.1 Å². The average molecular weight is 428 g/mol. The Morgan fingerprint density at radius 1 is 1.18 bits per heavy atom. The first-order valence-electron chi connectivity index (χ1n) is 8.89. The monoisotopic (exact) mass is 427 g/mol. The lowest BCUT2D eigenvalue weighted by atomic mass is 9.98. The van der Waals surface area contributed by atoms with Crippen LogP contribution in [0.3, 0.4) is 0 Å². The lowest BCUT2D eigenvalue weighted by Crippen LogP contribution is -2.43. The van der Waals surface area contributed by atoms with E-state index in [1.54, 1.807) is 30.5 Å². The minimum atomic E-state index is -1.33. The van der Waals surface area contributed by atoms with Crippen LogP contribution >= 0.6 is 23.2 Å². The Labute approximate surface area is 174 Å². The molecule has 1 aromatic heterocycles. The summed E-state index contributed by atoms with van der Waals surface area (Å²) in [6, 6.07) is 9.48. The van der Waals surface area contributed by atoms with Crippen molar-refractivity contribution in [3.8, 4) is 11.1 Å². The third-order valence-electron chi connectivity index (χ3n) is 4.50. The molecule has 0 aliphatic rings. The number of nitrogens with one attached hydrogen (secondary N) is 1. The van der Waals surface area contributed by atoms with Crippen molar-refractivity contribution < 1.29 is 14.3 Å². The van der Waals surface area contributed by atoms with Crippen molar-refractivity contribution in [2.75, 3.05) is 6.67 Å². The third-order valence-corrected chi connectivity index (χ3v) is 4.90. The molecule has 4 N–H and O–H groups in total. The zero-order valence-electron chi connectivity index (χ0n) is 15.6. The van der Waals surface area contributed by atoms with Crippen LogP contribution < -0.4 is 11.1 Å². The van der Waals surface area contributed by atoms with Crippen LogP contribution in [0.25, 0.3) is 11.1 Å². The maximum atomic E-state index is 13.2. The molecule has 1 amide bonds. The maximum absolute atomic E-state index is 13.2. The Morgan fingerprint density at radius 3 is 2.25 bits per heavy atom. The van der Waals surface area contributed by atoms with E-state index in [9.17, 15) is 14.3 Å². The molecule has 2 rings (SSSR count). The lowest BCUT2D eigenvalue weighted by Gasteiger charge is -2.22. The number of nitrogens with two attached hydrogens (primary N) is 1. The summed E-state index contributed by atoms with van der Waals surface area (Å²) >= 11 is 10.9. The molecule has 0 saturated carbocycles. The number of pyridine rings is 1. The van der Waals surface area contributed by atoms with E-state index in [2.05, 4.69) is 10.3 Å². The molecule has 8 heteroatoms. The molecule has 0 fully saturated rings.